The Morgan fingerprint density at radius 1 is 1.07 bits per heavy atom. The third-order valence-corrected chi connectivity index (χ3v) is 6.97. The van der Waals surface area contributed by atoms with Crippen molar-refractivity contribution in [2.24, 2.45) is 0 Å². The maximum atomic E-state index is 4.83. The van der Waals surface area contributed by atoms with Crippen LogP contribution in [0.15, 0.2) is 52.3 Å². The van der Waals surface area contributed by atoms with E-state index in [2.05, 4.69) is 75.8 Å². The standard InChI is InChI=1S/C20H20N4S3/c1-3-10-24-18(17-9-6-11-25-17)22-23-20(24)27-13-15-12-26-19(21-15)16-8-5-4-7-14(16)2/h4-9,11-12H,3,10,13H2,1-2H3. The molecule has 0 spiro atoms. The van der Waals surface area contributed by atoms with Crippen LogP contribution in [0.4, 0.5) is 0 Å². The number of nitrogens with zero attached hydrogens (tertiary/aromatic N) is 4. The molecule has 0 aliphatic carbocycles. The van der Waals surface area contributed by atoms with E-state index < -0.39 is 0 Å². The first-order valence-corrected chi connectivity index (χ1v) is 11.6. The fourth-order valence-corrected chi connectivity index (χ4v) is 5.45. The Labute approximate surface area is 171 Å². The lowest BCUT2D eigenvalue weighted by atomic mass is 10.1. The van der Waals surface area contributed by atoms with Crippen LogP contribution in [0.3, 0.4) is 0 Å². The first-order chi connectivity index (χ1) is 13.3. The fourth-order valence-electron chi connectivity index (χ4n) is 2.86. The van der Waals surface area contributed by atoms with Crippen LogP contribution in [-0.4, -0.2) is 19.7 Å². The van der Waals surface area contributed by atoms with Crippen molar-refractivity contribution in [3.05, 3.63) is 58.4 Å². The zero-order valence-electron chi connectivity index (χ0n) is 15.3. The topological polar surface area (TPSA) is 43.6 Å². The van der Waals surface area contributed by atoms with Crippen molar-refractivity contribution in [2.75, 3.05) is 0 Å². The van der Waals surface area contributed by atoms with E-state index in [0.29, 0.717) is 0 Å². The predicted molar refractivity (Wildman–Crippen MR) is 115 cm³/mol. The summed E-state index contributed by atoms with van der Waals surface area (Å²) in [5.41, 5.74) is 3.56. The molecule has 1 aromatic carbocycles. The quantitative estimate of drug-likeness (QED) is 0.342. The Morgan fingerprint density at radius 3 is 2.74 bits per heavy atom. The molecule has 0 unspecified atom stereocenters. The molecule has 0 amide bonds. The molecule has 0 aliphatic heterocycles. The van der Waals surface area contributed by atoms with Crippen LogP contribution >= 0.6 is 34.4 Å². The summed E-state index contributed by atoms with van der Waals surface area (Å²) in [4.78, 5) is 6.00. The molecule has 4 aromatic rings. The van der Waals surface area contributed by atoms with Crippen molar-refractivity contribution in [2.45, 2.75) is 37.7 Å². The number of aromatic nitrogens is 4. The van der Waals surface area contributed by atoms with Crippen molar-refractivity contribution in [1.29, 1.82) is 0 Å². The lowest BCUT2D eigenvalue weighted by molar-refractivity contribution is 0.627. The van der Waals surface area contributed by atoms with Crippen LogP contribution < -0.4 is 0 Å². The summed E-state index contributed by atoms with van der Waals surface area (Å²) in [5.74, 6) is 1.77. The molecule has 0 N–H and O–H groups in total. The van der Waals surface area contributed by atoms with E-state index in [0.717, 1.165) is 40.4 Å². The summed E-state index contributed by atoms with van der Waals surface area (Å²) < 4.78 is 2.23. The van der Waals surface area contributed by atoms with Gasteiger partial charge >= 0.3 is 0 Å². The third-order valence-electron chi connectivity index (χ3n) is 4.18. The molecular formula is C20H20N4S3. The van der Waals surface area contributed by atoms with Gasteiger partial charge in [-0.05, 0) is 30.4 Å². The van der Waals surface area contributed by atoms with E-state index in [-0.39, 0.29) is 0 Å². The van der Waals surface area contributed by atoms with Gasteiger partial charge in [-0.2, -0.15) is 0 Å². The lowest BCUT2D eigenvalue weighted by Crippen LogP contribution is -2.01. The van der Waals surface area contributed by atoms with E-state index >= 15 is 0 Å². The molecule has 27 heavy (non-hydrogen) atoms. The monoisotopic (exact) mass is 412 g/mol. The van der Waals surface area contributed by atoms with Crippen LogP contribution in [0.2, 0.25) is 0 Å². The summed E-state index contributed by atoms with van der Waals surface area (Å²) >= 11 is 5.12. The van der Waals surface area contributed by atoms with Gasteiger partial charge < -0.3 is 4.57 Å². The Bertz CT molecular complexity index is 1020. The molecule has 4 nitrogen and oxygen atoms in total. The summed E-state index contributed by atoms with van der Waals surface area (Å²) in [5, 5.41) is 15.2. The van der Waals surface area contributed by atoms with E-state index in [4.69, 9.17) is 4.98 Å². The normalized spacial score (nSPS) is 11.2. The highest BCUT2D eigenvalue weighted by Crippen LogP contribution is 2.31. The Balaban J connectivity index is 1.52. The van der Waals surface area contributed by atoms with Crippen molar-refractivity contribution >= 4 is 34.4 Å². The highest BCUT2D eigenvalue weighted by atomic mass is 32.2. The molecule has 0 atom stereocenters. The molecule has 0 radical (unpaired) electrons. The van der Waals surface area contributed by atoms with E-state index in [1.54, 1.807) is 34.4 Å². The summed E-state index contributed by atoms with van der Waals surface area (Å²) in [6.45, 7) is 5.24. The maximum absolute atomic E-state index is 4.83. The predicted octanol–water partition coefficient (Wildman–Crippen LogP) is 6.14. The van der Waals surface area contributed by atoms with Crippen LogP contribution in [0.5, 0.6) is 0 Å². The van der Waals surface area contributed by atoms with Crippen LogP contribution in [-0.2, 0) is 12.3 Å². The second-order valence-corrected chi connectivity index (χ2v) is 8.93. The molecule has 4 rings (SSSR count). The number of hydrogen-bond acceptors (Lipinski definition) is 6. The molecule has 0 fully saturated rings. The second kappa shape index (κ2) is 8.37. The van der Waals surface area contributed by atoms with Gasteiger partial charge in [0.2, 0.25) is 0 Å². The zero-order chi connectivity index (χ0) is 18.6. The van der Waals surface area contributed by atoms with Crippen molar-refractivity contribution in [3.8, 4) is 21.3 Å². The molecule has 0 aliphatic rings. The number of thioether (sulfide) groups is 1. The van der Waals surface area contributed by atoms with Crippen molar-refractivity contribution in [1.82, 2.24) is 19.7 Å². The number of thiazole rings is 1. The number of rotatable bonds is 7. The summed E-state index contributed by atoms with van der Waals surface area (Å²) in [7, 11) is 0. The van der Waals surface area contributed by atoms with Gasteiger partial charge in [0.05, 0.1) is 10.6 Å². The lowest BCUT2D eigenvalue weighted by Gasteiger charge is -2.07. The van der Waals surface area contributed by atoms with Gasteiger partial charge in [-0.25, -0.2) is 4.98 Å². The average Bonchev–Trinajstić information content (AvgIpc) is 3.42. The second-order valence-electron chi connectivity index (χ2n) is 6.18. The average molecular weight is 413 g/mol. The van der Waals surface area contributed by atoms with Crippen LogP contribution in [0.25, 0.3) is 21.3 Å². The van der Waals surface area contributed by atoms with Crippen LogP contribution in [0, 0.1) is 6.92 Å². The van der Waals surface area contributed by atoms with Crippen molar-refractivity contribution in [3.63, 3.8) is 0 Å². The zero-order valence-corrected chi connectivity index (χ0v) is 17.7. The van der Waals surface area contributed by atoms with Gasteiger partial charge in [0.25, 0.3) is 0 Å². The Morgan fingerprint density at radius 2 is 1.96 bits per heavy atom. The third kappa shape index (κ3) is 4.00. The van der Waals surface area contributed by atoms with Crippen LogP contribution in [0.1, 0.15) is 24.6 Å². The highest BCUT2D eigenvalue weighted by Gasteiger charge is 2.15. The largest absolute Gasteiger partial charge is 0.301 e. The van der Waals surface area contributed by atoms with Gasteiger partial charge in [0.15, 0.2) is 11.0 Å². The SMILES string of the molecule is CCCn1c(SCc2csc(-c3ccccc3C)n2)nnc1-c1cccs1. The molecule has 0 bridgehead atoms. The number of thiophene rings is 1. The molecule has 0 saturated heterocycles. The molecule has 0 saturated carbocycles. The smallest absolute Gasteiger partial charge is 0.191 e. The fraction of sp³-hybridized carbons (Fsp3) is 0.250. The minimum absolute atomic E-state index is 0.800. The highest BCUT2D eigenvalue weighted by molar-refractivity contribution is 7.98. The van der Waals surface area contributed by atoms with Crippen molar-refractivity contribution < 1.29 is 0 Å². The first-order valence-electron chi connectivity index (χ1n) is 8.86. The van der Waals surface area contributed by atoms with Gasteiger partial charge in [-0.1, -0.05) is 49.0 Å². The minimum atomic E-state index is 0.800. The van der Waals surface area contributed by atoms with E-state index in [1.165, 1.54) is 16.0 Å². The van der Waals surface area contributed by atoms with Gasteiger partial charge in [-0.15, -0.1) is 32.9 Å². The Hall–Kier alpha value is -1.96. The summed E-state index contributed by atoms with van der Waals surface area (Å²) in [6, 6.07) is 12.6. The molecular weight excluding hydrogens is 392 g/mol. The molecule has 138 valence electrons. The molecule has 7 heteroatoms. The van der Waals surface area contributed by atoms with E-state index in [1.807, 2.05) is 0 Å². The number of aryl methyl sites for hydroxylation is 1. The summed E-state index contributed by atoms with van der Waals surface area (Å²) in [6.07, 6.45) is 1.05. The molecule has 3 aromatic heterocycles. The van der Waals surface area contributed by atoms with Gasteiger partial charge in [0, 0.05) is 23.2 Å². The number of hydrogen-bond donors (Lipinski definition) is 0. The Kier molecular flexibility index (Phi) is 5.71. The maximum Gasteiger partial charge on any atom is 0.191 e. The number of benzene rings is 1. The van der Waals surface area contributed by atoms with Gasteiger partial charge in [0.1, 0.15) is 5.01 Å². The minimum Gasteiger partial charge on any atom is -0.301 e. The van der Waals surface area contributed by atoms with Gasteiger partial charge in [-0.3, -0.25) is 0 Å². The molecule has 3 heterocycles. The van der Waals surface area contributed by atoms with E-state index in [9.17, 15) is 0 Å². The first kappa shape index (κ1) is 18.4.